The molecule has 5 aromatic rings. The van der Waals surface area contributed by atoms with E-state index in [9.17, 15) is 18.4 Å². The molecule has 0 radical (unpaired) electrons. The second-order valence-corrected chi connectivity index (χ2v) is 8.49. The van der Waals surface area contributed by atoms with Crippen molar-refractivity contribution in [2.75, 3.05) is 12.4 Å². The normalized spacial score (nSPS) is 11.0. The molecule has 1 amide bonds. The molecule has 0 aliphatic rings. The highest BCUT2D eigenvalue weighted by atomic mass is 79.9. The van der Waals surface area contributed by atoms with Crippen molar-refractivity contribution in [1.82, 2.24) is 5.16 Å². The SMILES string of the molecule is COc1ccc(C(=O)c2oc3ccccc3c2NC(=O)c2cc(-c3ccc(F)c(F)c3)on2)cc1Br. The molecule has 2 aromatic heterocycles. The van der Waals surface area contributed by atoms with Gasteiger partial charge in [-0.1, -0.05) is 17.3 Å². The summed E-state index contributed by atoms with van der Waals surface area (Å²) in [5.74, 6) is -2.69. The number of amides is 1. The summed E-state index contributed by atoms with van der Waals surface area (Å²) in [5, 5.41) is 6.91. The molecule has 5 rings (SSSR count). The van der Waals surface area contributed by atoms with Crippen LogP contribution in [-0.4, -0.2) is 24.0 Å². The standard InChI is InChI=1S/C26H15BrF2N2O5/c1-34-21-9-7-14(10-16(21)27)24(32)25-23(15-4-2-3-5-20(15)35-25)30-26(33)19-12-22(36-31-19)13-6-8-17(28)18(29)11-13/h2-12H,1H3,(H,30,33). The van der Waals surface area contributed by atoms with Gasteiger partial charge in [-0.3, -0.25) is 9.59 Å². The first kappa shape index (κ1) is 23.4. The van der Waals surface area contributed by atoms with Crippen LogP contribution in [0.3, 0.4) is 0 Å². The molecule has 0 aliphatic carbocycles. The van der Waals surface area contributed by atoms with E-state index in [-0.39, 0.29) is 28.5 Å². The highest BCUT2D eigenvalue weighted by Crippen LogP contribution is 2.34. The predicted molar refractivity (Wildman–Crippen MR) is 130 cm³/mol. The summed E-state index contributed by atoms with van der Waals surface area (Å²) >= 11 is 3.36. The molecular formula is C26H15BrF2N2O5. The Morgan fingerprint density at radius 3 is 2.56 bits per heavy atom. The van der Waals surface area contributed by atoms with Crippen LogP contribution in [0.25, 0.3) is 22.3 Å². The Balaban J connectivity index is 1.49. The van der Waals surface area contributed by atoms with Crippen molar-refractivity contribution in [1.29, 1.82) is 0 Å². The maximum atomic E-state index is 13.6. The van der Waals surface area contributed by atoms with Gasteiger partial charge in [-0.25, -0.2) is 8.78 Å². The molecule has 0 unspecified atom stereocenters. The Labute approximate surface area is 210 Å². The van der Waals surface area contributed by atoms with Gasteiger partial charge in [-0.15, -0.1) is 0 Å². The second kappa shape index (κ2) is 9.38. The van der Waals surface area contributed by atoms with E-state index in [0.29, 0.717) is 26.8 Å². The van der Waals surface area contributed by atoms with Crippen molar-refractivity contribution in [2.24, 2.45) is 0 Å². The number of benzene rings is 3. The summed E-state index contributed by atoms with van der Waals surface area (Å²) in [5.41, 5.74) is 0.927. The average Bonchev–Trinajstić information content (AvgIpc) is 3.51. The first-order chi connectivity index (χ1) is 17.4. The number of para-hydroxylation sites is 1. The fraction of sp³-hybridized carbons (Fsp3) is 0.0385. The monoisotopic (exact) mass is 552 g/mol. The number of furan rings is 1. The molecule has 7 nitrogen and oxygen atoms in total. The van der Waals surface area contributed by atoms with E-state index in [4.69, 9.17) is 13.7 Å². The van der Waals surface area contributed by atoms with Crippen LogP contribution in [0.1, 0.15) is 26.6 Å². The maximum Gasteiger partial charge on any atom is 0.277 e. The molecule has 0 atom stereocenters. The van der Waals surface area contributed by atoms with Gasteiger partial charge in [0.1, 0.15) is 11.3 Å². The molecule has 36 heavy (non-hydrogen) atoms. The topological polar surface area (TPSA) is 94.6 Å². The van der Waals surface area contributed by atoms with Gasteiger partial charge in [0.15, 0.2) is 28.8 Å². The number of carbonyl (C=O) groups is 2. The van der Waals surface area contributed by atoms with Gasteiger partial charge in [0.2, 0.25) is 5.78 Å². The number of nitrogens with zero attached hydrogens (tertiary/aromatic N) is 1. The van der Waals surface area contributed by atoms with Crippen molar-refractivity contribution >= 4 is 44.3 Å². The zero-order valence-corrected chi connectivity index (χ0v) is 20.1. The molecule has 1 N–H and O–H groups in total. The number of halogens is 3. The number of fused-ring (bicyclic) bond motifs is 1. The Bertz CT molecular complexity index is 1640. The average molecular weight is 553 g/mol. The van der Waals surface area contributed by atoms with Crippen LogP contribution >= 0.6 is 15.9 Å². The molecule has 0 aliphatic heterocycles. The van der Waals surface area contributed by atoms with Gasteiger partial charge in [0, 0.05) is 22.6 Å². The number of ether oxygens (including phenoxy) is 1. The van der Waals surface area contributed by atoms with Gasteiger partial charge in [-0.05, 0) is 64.5 Å². The van der Waals surface area contributed by atoms with Crippen LogP contribution in [0, 0.1) is 11.6 Å². The number of hydrogen-bond donors (Lipinski definition) is 1. The number of anilines is 1. The van der Waals surface area contributed by atoms with Crippen LogP contribution in [-0.2, 0) is 0 Å². The van der Waals surface area contributed by atoms with Gasteiger partial charge in [0.05, 0.1) is 17.3 Å². The van der Waals surface area contributed by atoms with Crippen LogP contribution in [0.5, 0.6) is 5.75 Å². The van der Waals surface area contributed by atoms with E-state index < -0.39 is 23.3 Å². The van der Waals surface area contributed by atoms with Gasteiger partial charge >= 0.3 is 0 Å². The lowest BCUT2D eigenvalue weighted by Crippen LogP contribution is -2.14. The summed E-state index contributed by atoms with van der Waals surface area (Å²) in [7, 11) is 1.51. The third kappa shape index (κ3) is 4.27. The second-order valence-electron chi connectivity index (χ2n) is 7.64. The maximum absolute atomic E-state index is 13.6. The Kier molecular flexibility index (Phi) is 6.11. The minimum Gasteiger partial charge on any atom is -0.496 e. The number of aromatic nitrogens is 1. The van der Waals surface area contributed by atoms with Gasteiger partial charge in [0.25, 0.3) is 5.91 Å². The first-order valence-electron chi connectivity index (χ1n) is 10.5. The summed E-state index contributed by atoms with van der Waals surface area (Å²) in [6.45, 7) is 0. The lowest BCUT2D eigenvalue weighted by atomic mass is 10.1. The summed E-state index contributed by atoms with van der Waals surface area (Å²) in [4.78, 5) is 26.4. The molecule has 10 heteroatoms. The summed E-state index contributed by atoms with van der Waals surface area (Å²) < 4.78 is 43.6. The molecule has 2 heterocycles. The molecule has 0 bridgehead atoms. The van der Waals surface area contributed by atoms with Crippen molar-refractivity contribution in [2.45, 2.75) is 0 Å². The number of nitrogens with one attached hydrogen (secondary N) is 1. The van der Waals surface area contributed by atoms with Crippen molar-refractivity contribution < 1.29 is 32.0 Å². The van der Waals surface area contributed by atoms with E-state index >= 15 is 0 Å². The molecule has 0 fully saturated rings. The van der Waals surface area contributed by atoms with E-state index in [1.54, 1.807) is 42.5 Å². The molecular weight excluding hydrogens is 538 g/mol. The van der Waals surface area contributed by atoms with Crippen molar-refractivity contribution in [3.05, 3.63) is 99.9 Å². The van der Waals surface area contributed by atoms with Crippen molar-refractivity contribution in [3.63, 3.8) is 0 Å². The third-order valence-corrected chi connectivity index (χ3v) is 6.02. The third-order valence-electron chi connectivity index (χ3n) is 5.40. The number of ketones is 1. The van der Waals surface area contributed by atoms with Crippen LogP contribution < -0.4 is 10.1 Å². The Hall–Kier alpha value is -4.31. The van der Waals surface area contributed by atoms with Gasteiger partial charge in [-0.2, -0.15) is 0 Å². The highest BCUT2D eigenvalue weighted by molar-refractivity contribution is 9.10. The zero-order chi connectivity index (χ0) is 25.4. The Morgan fingerprint density at radius 1 is 1.00 bits per heavy atom. The zero-order valence-electron chi connectivity index (χ0n) is 18.5. The van der Waals surface area contributed by atoms with Gasteiger partial charge < -0.3 is 19.0 Å². The molecule has 180 valence electrons. The number of rotatable bonds is 6. The minimum atomic E-state index is -1.06. The van der Waals surface area contributed by atoms with E-state index in [1.165, 1.54) is 19.2 Å². The molecule has 0 spiro atoms. The minimum absolute atomic E-state index is 0.0653. The highest BCUT2D eigenvalue weighted by Gasteiger charge is 2.25. The molecule has 0 saturated carbocycles. The van der Waals surface area contributed by atoms with E-state index in [0.717, 1.165) is 12.1 Å². The fourth-order valence-corrected chi connectivity index (χ4v) is 4.15. The number of carbonyl (C=O) groups excluding carboxylic acids is 2. The van der Waals surface area contributed by atoms with Crippen LogP contribution in [0.15, 0.2) is 80.1 Å². The van der Waals surface area contributed by atoms with E-state index in [1.807, 2.05) is 0 Å². The molecule has 3 aromatic carbocycles. The van der Waals surface area contributed by atoms with Crippen LogP contribution in [0.4, 0.5) is 14.5 Å². The predicted octanol–water partition coefficient (Wildman–Crippen LogP) is 6.62. The first-order valence-corrected chi connectivity index (χ1v) is 11.3. The summed E-state index contributed by atoms with van der Waals surface area (Å²) in [6.07, 6.45) is 0. The molecule has 0 saturated heterocycles. The smallest absolute Gasteiger partial charge is 0.277 e. The largest absolute Gasteiger partial charge is 0.496 e. The van der Waals surface area contributed by atoms with Crippen LogP contribution in [0.2, 0.25) is 0 Å². The quantitative estimate of drug-likeness (QED) is 0.238. The summed E-state index contributed by atoms with van der Waals surface area (Å²) in [6, 6.07) is 16.1. The fourth-order valence-electron chi connectivity index (χ4n) is 3.61. The lowest BCUT2D eigenvalue weighted by molar-refractivity contribution is 0.101. The lowest BCUT2D eigenvalue weighted by Gasteiger charge is -2.07. The number of methoxy groups -OCH3 is 1. The Morgan fingerprint density at radius 2 is 1.81 bits per heavy atom. The number of hydrogen-bond acceptors (Lipinski definition) is 6. The van der Waals surface area contributed by atoms with Crippen molar-refractivity contribution in [3.8, 4) is 17.1 Å². The van der Waals surface area contributed by atoms with E-state index in [2.05, 4.69) is 26.4 Å².